The van der Waals surface area contributed by atoms with E-state index < -0.39 is 0 Å². The topological polar surface area (TPSA) is 37.6 Å². The highest BCUT2D eigenvalue weighted by Gasteiger charge is 2.25. The van der Waals surface area contributed by atoms with Crippen molar-refractivity contribution in [3.05, 3.63) is 33.7 Å². The monoisotopic (exact) mass is 377 g/mol. The Labute approximate surface area is 146 Å². The first-order valence-electron chi connectivity index (χ1n) is 8.58. The first-order chi connectivity index (χ1) is 11.1. The Morgan fingerprint density at radius 1 is 1.26 bits per heavy atom. The molecule has 3 rings (SSSR count). The Morgan fingerprint density at radius 2 is 1.96 bits per heavy atom. The maximum Gasteiger partial charge on any atom is 0.272 e. The van der Waals surface area contributed by atoms with E-state index in [1.807, 2.05) is 22.4 Å². The molecule has 0 spiro atoms. The molecular formula is C18H24BrN3O. The third-order valence-electron chi connectivity index (χ3n) is 4.47. The normalized spacial score (nSPS) is 15.9. The molecule has 2 aromatic heterocycles. The van der Waals surface area contributed by atoms with Crippen LogP contribution < -0.4 is 0 Å². The maximum atomic E-state index is 13.2. The van der Waals surface area contributed by atoms with Crippen LogP contribution in [0.3, 0.4) is 0 Å². The third kappa shape index (κ3) is 3.30. The Balaban J connectivity index is 2.09. The number of hydrogen-bond acceptors (Lipinski definition) is 2. The van der Waals surface area contributed by atoms with Gasteiger partial charge in [0.15, 0.2) is 5.65 Å². The van der Waals surface area contributed by atoms with Gasteiger partial charge in [0.1, 0.15) is 5.69 Å². The number of likely N-dealkylation sites (tertiary alicyclic amines) is 1. The first-order valence-corrected chi connectivity index (χ1v) is 9.37. The predicted molar refractivity (Wildman–Crippen MR) is 96.0 cm³/mol. The van der Waals surface area contributed by atoms with Crippen LogP contribution in [0.25, 0.3) is 5.65 Å². The minimum absolute atomic E-state index is 0.139. The summed E-state index contributed by atoms with van der Waals surface area (Å²) in [7, 11) is 0. The van der Waals surface area contributed by atoms with Gasteiger partial charge in [-0.3, -0.25) is 9.20 Å². The van der Waals surface area contributed by atoms with Crippen LogP contribution in [-0.4, -0.2) is 33.3 Å². The lowest BCUT2D eigenvalue weighted by molar-refractivity contribution is 0.0753. The van der Waals surface area contributed by atoms with E-state index in [0.29, 0.717) is 0 Å². The van der Waals surface area contributed by atoms with E-state index in [-0.39, 0.29) is 5.91 Å². The van der Waals surface area contributed by atoms with E-state index in [4.69, 9.17) is 4.98 Å². The lowest BCUT2D eigenvalue weighted by Crippen LogP contribution is -2.33. The summed E-state index contributed by atoms with van der Waals surface area (Å²) in [5, 5.41) is 0. The molecular weight excluding hydrogens is 354 g/mol. The number of imidazole rings is 1. The predicted octanol–water partition coefficient (Wildman–Crippen LogP) is 4.37. The van der Waals surface area contributed by atoms with E-state index in [2.05, 4.69) is 28.9 Å². The molecule has 124 valence electrons. The van der Waals surface area contributed by atoms with Gasteiger partial charge in [0, 0.05) is 19.3 Å². The number of carbonyl (C=O) groups is 1. The second kappa shape index (κ2) is 7.04. The molecule has 1 saturated heterocycles. The van der Waals surface area contributed by atoms with Gasteiger partial charge < -0.3 is 4.90 Å². The molecule has 0 bridgehead atoms. The summed E-state index contributed by atoms with van der Waals surface area (Å²) in [5.74, 6) is 0.139. The summed E-state index contributed by atoms with van der Waals surface area (Å²) in [6, 6.07) is 2.05. The zero-order valence-corrected chi connectivity index (χ0v) is 15.5. The van der Waals surface area contributed by atoms with E-state index in [1.54, 1.807) is 0 Å². The lowest BCUT2D eigenvalue weighted by Gasteiger charge is -2.20. The van der Waals surface area contributed by atoms with Crippen molar-refractivity contribution in [3.63, 3.8) is 0 Å². The van der Waals surface area contributed by atoms with Crippen molar-refractivity contribution in [1.82, 2.24) is 14.3 Å². The molecule has 23 heavy (non-hydrogen) atoms. The van der Waals surface area contributed by atoms with Crippen molar-refractivity contribution >= 4 is 27.5 Å². The van der Waals surface area contributed by atoms with E-state index in [1.165, 1.54) is 12.8 Å². The minimum Gasteiger partial charge on any atom is -0.337 e. The van der Waals surface area contributed by atoms with Gasteiger partial charge in [-0.1, -0.05) is 26.2 Å². The molecule has 2 aromatic rings. The van der Waals surface area contributed by atoms with E-state index >= 15 is 0 Å². The highest BCUT2D eigenvalue weighted by atomic mass is 79.9. The van der Waals surface area contributed by atoms with Gasteiger partial charge in [-0.25, -0.2) is 4.98 Å². The molecule has 0 saturated carbocycles. The molecule has 0 radical (unpaired) electrons. The largest absolute Gasteiger partial charge is 0.337 e. The smallest absolute Gasteiger partial charge is 0.272 e. The number of nitrogens with zero attached hydrogens (tertiary/aromatic N) is 3. The van der Waals surface area contributed by atoms with Gasteiger partial charge in [-0.15, -0.1) is 0 Å². The fourth-order valence-electron chi connectivity index (χ4n) is 3.34. The fourth-order valence-corrected chi connectivity index (χ4v) is 3.98. The van der Waals surface area contributed by atoms with Crippen molar-refractivity contribution in [3.8, 4) is 0 Å². The maximum absolute atomic E-state index is 13.2. The first kappa shape index (κ1) is 16.5. The van der Waals surface area contributed by atoms with Crippen LogP contribution in [0.4, 0.5) is 0 Å². The van der Waals surface area contributed by atoms with Crippen molar-refractivity contribution < 1.29 is 4.79 Å². The molecule has 0 unspecified atom stereocenters. The molecule has 1 fully saturated rings. The minimum atomic E-state index is 0.139. The molecule has 5 heteroatoms. The molecule has 1 aliphatic heterocycles. The van der Waals surface area contributed by atoms with Crippen LogP contribution >= 0.6 is 15.9 Å². The van der Waals surface area contributed by atoms with Crippen LogP contribution in [0, 0.1) is 6.92 Å². The fraction of sp³-hybridized carbons (Fsp3) is 0.556. The summed E-state index contributed by atoms with van der Waals surface area (Å²) < 4.78 is 2.93. The lowest BCUT2D eigenvalue weighted by atomic mass is 10.2. The van der Waals surface area contributed by atoms with Gasteiger partial charge >= 0.3 is 0 Å². The molecule has 3 heterocycles. The van der Waals surface area contributed by atoms with Crippen LogP contribution in [0.5, 0.6) is 0 Å². The number of halogens is 1. The summed E-state index contributed by atoms with van der Waals surface area (Å²) in [4.78, 5) is 20.0. The molecule has 0 N–H and O–H groups in total. The SMILES string of the molecule is CCCc1nc2c(Br)cc(C)cn2c1C(=O)N1CCCCCC1. The van der Waals surface area contributed by atoms with Crippen LogP contribution in [0.1, 0.15) is 60.8 Å². The second-order valence-electron chi connectivity index (χ2n) is 6.42. The number of carbonyl (C=O) groups excluding carboxylic acids is 1. The Morgan fingerprint density at radius 3 is 2.61 bits per heavy atom. The average molecular weight is 378 g/mol. The van der Waals surface area contributed by atoms with Gasteiger partial charge in [-0.05, 0) is 53.7 Å². The molecule has 0 aliphatic carbocycles. The average Bonchev–Trinajstić information content (AvgIpc) is 2.71. The quantitative estimate of drug-likeness (QED) is 0.795. The standard InChI is InChI=1S/C18H24BrN3O/c1-3-8-15-16(18(23)21-9-6-4-5-7-10-21)22-12-13(2)11-14(19)17(22)20-15/h11-12H,3-10H2,1-2H3. The number of amides is 1. The Kier molecular flexibility index (Phi) is 5.05. The molecule has 4 nitrogen and oxygen atoms in total. The Hall–Kier alpha value is -1.36. The van der Waals surface area contributed by atoms with E-state index in [0.717, 1.165) is 65.8 Å². The number of rotatable bonds is 3. The highest BCUT2D eigenvalue weighted by molar-refractivity contribution is 9.10. The number of aryl methyl sites for hydroxylation is 2. The summed E-state index contributed by atoms with van der Waals surface area (Å²) in [5.41, 5.74) is 3.65. The number of fused-ring (bicyclic) bond motifs is 1. The number of hydrogen-bond donors (Lipinski definition) is 0. The number of pyridine rings is 1. The Bertz CT molecular complexity index is 715. The van der Waals surface area contributed by atoms with Crippen molar-refractivity contribution in [2.75, 3.05) is 13.1 Å². The number of aromatic nitrogens is 2. The van der Waals surface area contributed by atoms with Gasteiger partial charge in [0.05, 0.1) is 10.2 Å². The van der Waals surface area contributed by atoms with Crippen LogP contribution in [0.2, 0.25) is 0 Å². The summed E-state index contributed by atoms with van der Waals surface area (Å²) >= 11 is 3.60. The molecule has 1 amide bonds. The van der Waals surface area contributed by atoms with Crippen molar-refractivity contribution in [2.24, 2.45) is 0 Å². The molecule has 0 aromatic carbocycles. The zero-order chi connectivity index (χ0) is 16.4. The van der Waals surface area contributed by atoms with Crippen molar-refractivity contribution in [2.45, 2.75) is 52.4 Å². The van der Waals surface area contributed by atoms with Gasteiger partial charge in [0.25, 0.3) is 5.91 Å². The summed E-state index contributed by atoms with van der Waals surface area (Å²) in [6.07, 6.45) is 8.51. The summed E-state index contributed by atoms with van der Waals surface area (Å²) in [6.45, 7) is 5.91. The van der Waals surface area contributed by atoms with Crippen LogP contribution in [0.15, 0.2) is 16.7 Å². The third-order valence-corrected chi connectivity index (χ3v) is 5.05. The zero-order valence-electron chi connectivity index (χ0n) is 13.9. The van der Waals surface area contributed by atoms with Crippen LogP contribution in [-0.2, 0) is 6.42 Å². The van der Waals surface area contributed by atoms with Gasteiger partial charge in [-0.2, -0.15) is 0 Å². The highest BCUT2D eigenvalue weighted by Crippen LogP contribution is 2.25. The molecule has 0 atom stereocenters. The second-order valence-corrected chi connectivity index (χ2v) is 7.28. The van der Waals surface area contributed by atoms with Crippen molar-refractivity contribution in [1.29, 1.82) is 0 Å². The van der Waals surface area contributed by atoms with Gasteiger partial charge in [0.2, 0.25) is 0 Å². The molecule has 1 aliphatic rings. The van der Waals surface area contributed by atoms with E-state index in [9.17, 15) is 4.79 Å².